The summed E-state index contributed by atoms with van der Waals surface area (Å²) in [6.07, 6.45) is 5.32. The predicted octanol–water partition coefficient (Wildman–Crippen LogP) is 3.21. The van der Waals surface area contributed by atoms with Gasteiger partial charge in [0, 0.05) is 42.0 Å². The van der Waals surface area contributed by atoms with Crippen LogP contribution in [0.3, 0.4) is 0 Å². The van der Waals surface area contributed by atoms with Gasteiger partial charge in [0.05, 0.1) is 12.6 Å². The molecular weight excluding hydrogens is 317 g/mol. The molecule has 0 saturated carbocycles. The van der Waals surface area contributed by atoms with Crippen molar-refractivity contribution in [1.82, 2.24) is 14.7 Å². The number of aryl methyl sites for hydroxylation is 1. The van der Waals surface area contributed by atoms with Crippen molar-refractivity contribution in [1.29, 1.82) is 0 Å². The molecule has 2 aromatic rings. The van der Waals surface area contributed by atoms with E-state index in [9.17, 15) is 9.18 Å². The van der Waals surface area contributed by atoms with Gasteiger partial charge in [-0.15, -0.1) is 0 Å². The van der Waals surface area contributed by atoms with Crippen molar-refractivity contribution in [2.24, 2.45) is 0 Å². The number of hydrogen-bond acceptors (Lipinski definition) is 2. The number of halogens is 2. The van der Waals surface area contributed by atoms with Crippen LogP contribution in [0.5, 0.6) is 0 Å². The Hall–Kier alpha value is -1.88. The van der Waals surface area contributed by atoms with E-state index >= 15 is 0 Å². The molecule has 1 amide bonds. The van der Waals surface area contributed by atoms with E-state index in [1.165, 1.54) is 17.0 Å². The normalized spacial score (nSPS) is 13.7. The number of benzene rings is 1. The lowest BCUT2D eigenvalue weighted by Gasteiger charge is -2.19. The van der Waals surface area contributed by atoms with E-state index < -0.39 is 0 Å². The average molecular weight is 336 g/mol. The van der Waals surface area contributed by atoms with Crippen LogP contribution < -0.4 is 0 Å². The molecule has 2 heterocycles. The maximum atomic E-state index is 13.8. The monoisotopic (exact) mass is 335 g/mol. The second kappa shape index (κ2) is 6.71. The summed E-state index contributed by atoms with van der Waals surface area (Å²) in [5.74, 6) is -0.400. The molecule has 0 aliphatic carbocycles. The molecule has 1 aromatic heterocycles. The molecule has 6 heteroatoms. The van der Waals surface area contributed by atoms with Crippen LogP contribution in [0.1, 0.15) is 29.7 Å². The van der Waals surface area contributed by atoms with E-state index in [4.69, 9.17) is 11.6 Å². The number of carbonyl (C=O) groups excluding carboxylic acids is 1. The van der Waals surface area contributed by atoms with E-state index in [0.717, 1.165) is 37.1 Å². The quantitative estimate of drug-likeness (QED) is 0.860. The number of carbonyl (C=O) groups is 1. The molecule has 122 valence electrons. The van der Waals surface area contributed by atoms with E-state index in [1.54, 1.807) is 19.3 Å². The fourth-order valence-corrected chi connectivity index (χ4v) is 3.13. The van der Waals surface area contributed by atoms with Gasteiger partial charge in [-0.25, -0.2) is 4.39 Å². The van der Waals surface area contributed by atoms with Gasteiger partial charge in [0.15, 0.2) is 0 Å². The van der Waals surface area contributed by atoms with Crippen molar-refractivity contribution in [2.45, 2.75) is 38.8 Å². The second-order valence-electron chi connectivity index (χ2n) is 5.96. The Morgan fingerprint density at radius 3 is 3.04 bits per heavy atom. The van der Waals surface area contributed by atoms with Gasteiger partial charge in [-0.2, -0.15) is 5.10 Å². The minimum absolute atomic E-state index is 0.0502. The summed E-state index contributed by atoms with van der Waals surface area (Å²) in [7, 11) is 1.68. The third kappa shape index (κ3) is 3.55. The van der Waals surface area contributed by atoms with Crippen molar-refractivity contribution < 1.29 is 9.18 Å². The third-order valence-electron chi connectivity index (χ3n) is 4.25. The third-order valence-corrected chi connectivity index (χ3v) is 4.49. The Kier molecular flexibility index (Phi) is 4.66. The highest BCUT2D eigenvalue weighted by molar-refractivity contribution is 6.30. The number of fused-ring (bicyclic) bond motifs is 1. The summed E-state index contributed by atoms with van der Waals surface area (Å²) >= 11 is 5.89. The summed E-state index contributed by atoms with van der Waals surface area (Å²) in [5.41, 5.74) is 2.56. The van der Waals surface area contributed by atoms with Crippen molar-refractivity contribution in [3.8, 4) is 0 Å². The largest absolute Gasteiger partial charge is 0.341 e. The number of hydrogen-bond donors (Lipinski definition) is 0. The van der Waals surface area contributed by atoms with Crippen LogP contribution in [-0.2, 0) is 30.7 Å². The highest BCUT2D eigenvalue weighted by Gasteiger charge is 2.19. The minimum Gasteiger partial charge on any atom is -0.341 e. The van der Waals surface area contributed by atoms with Crippen molar-refractivity contribution >= 4 is 17.5 Å². The zero-order valence-electron chi connectivity index (χ0n) is 13.1. The fourth-order valence-electron chi connectivity index (χ4n) is 2.94. The standard InChI is InChI=1S/C17H19ClFN3O/c1-21(11-13-8-14(18)5-6-15(13)19)17(23)9-12-10-20-22-7-3-2-4-16(12)22/h5-6,8,10H,2-4,7,9,11H2,1H3. The van der Waals surface area contributed by atoms with Gasteiger partial charge in [0.2, 0.25) is 5.91 Å². The van der Waals surface area contributed by atoms with Crippen LogP contribution >= 0.6 is 11.6 Å². The molecule has 0 spiro atoms. The van der Waals surface area contributed by atoms with Gasteiger partial charge in [-0.1, -0.05) is 11.6 Å². The van der Waals surface area contributed by atoms with E-state index in [2.05, 4.69) is 5.10 Å². The van der Waals surface area contributed by atoms with E-state index in [1.807, 2.05) is 4.68 Å². The van der Waals surface area contributed by atoms with Gasteiger partial charge >= 0.3 is 0 Å². The Morgan fingerprint density at radius 2 is 2.22 bits per heavy atom. The van der Waals surface area contributed by atoms with Gasteiger partial charge in [-0.3, -0.25) is 9.48 Å². The number of amides is 1. The minimum atomic E-state index is -0.350. The zero-order chi connectivity index (χ0) is 16.4. The predicted molar refractivity (Wildman–Crippen MR) is 86.8 cm³/mol. The molecule has 3 rings (SSSR count). The Bertz CT molecular complexity index is 729. The molecular formula is C17H19ClFN3O. The van der Waals surface area contributed by atoms with Crippen LogP contribution in [0.2, 0.25) is 5.02 Å². The van der Waals surface area contributed by atoms with Crippen molar-refractivity contribution in [3.05, 3.63) is 52.1 Å². The first-order valence-electron chi connectivity index (χ1n) is 7.76. The fraction of sp³-hybridized carbons (Fsp3) is 0.412. The highest BCUT2D eigenvalue weighted by Crippen LogP contribution is 2.20. The topological polar surface area (TPSA) is 38.1 Å². The van der Waals surface area contributed by atoms with Crippen LogP contribution in [0.4, 0.5) is 4.39 Å². The molecule has 4 nitrogen and oxygen atoms in total. The summed E-state index contributed by atoms with van der Waals surface area (Å²) < 4.78 is 15.8. The number of rotatable bonds is 4. The van der Waals surface area contributed by atoms with Crippen LogP contribution in [0, 0.1) is 5.82 Å². The Morgan fingerprint density at radius 1 is 1.39 bits per heavy atom. The summed E-state index contributed by atoms with van der Waals surface area (Å²) in [5, 5.41) is 4.81. The lowest BCUT2D eigenvalue weighted by atomic mass is 10.0. The van der Waals surface area contributed by atoms with E-state index in [0.29, 0.717) is 17.0 Å². The molecule has 1 aliphatic heterocycles. The van der Waals surface area contributed by atoms with Crippen LogP contribution in [-0.4, -0.2) is 27.6 Å². The first-order chi connectivity index (χ1) is 11.0. The molecule has 1 aromatic carbocycles. The van der Waals surface area contributed by atoms with Crippen LogP contribution in [0.15, 0.2) is 24.4 Å². The average Bonchev–Trinajstić information content (AvgIpc) is 2.94. The zero-order valence-corrected chi connectivity index (χ0v) is 13.8. The summed E-state index contributed by atoms with van der Waals surface area (Å²) in [6.45, 7) is 1.13. The van der Waals surface area contributed by atoms with Gasteiger partial charge in [-0.05, 0) is 37.5 Å². The second-order valence-corrected chi connectivity index (χ2v) is 6.40. The first kappa shape index (κ1) is 16.0. The molecule has 0 radical (unpaired) electrons. The molecule has 1 aliphatic rings. The van der Waals surface area contributed by atoms with Gasteiger partial charge in [0.1, 0.15) is 5.82 Å². The molecule has 0 atom stereocenters. The lowest BCUT2D eigenvalue weighted by molar-refractivity contribution is -0.129. The summed E-state index contributed by atoms with van der Waals surface area (Å²) in [4.78, 5) is 14.0. The van der Waals surface area contributed by atoms with Crippen molar-refractivity contribution in [2.75, 3.05) is 7.05 Å². The maximum Gasteiger partial charge on any atom is 0.227 e. The summed E-state index contributed by atoms with van der Waals surface area (Å²) in [6, 6.07) is 4.38. The van der Waals surface area contributed by atoms with Gasteiger partial charge < -0.3 is 4.90 Å². The SMILES string of the molecule is CN(Cc1cc(Cl)ccc1F)C(=O)Cc1cnn2c1CCCC2. The smallest absolute Gasteiger partial charge is 0.227 e. The molecule has 0 fully saturated rings. The van der Waals surface area contributed by atoms with Gasteiger partial charge in [0.25, 0.3) is 0 Å². The maximum absolute atomic E-state index is 13.8. The number of aromatic nitrogens is 2. The molecule has 0 bridgehead atoms. The van der Waals surface area contributed by atoms with Crippen molar-refractivity contribution in [3.63, 3.8) is 0 Å². The van der Waals surface area contributed by atoms with E-state index in [-0.39, 0.29) is 18.3 Å². The number of likely N-dealkylation sites (N-methyl/N-ethyl adjacent to an activating group) is 1. The molecule has 0 unspecified atom stereocenters. The lowest BCUT2D eigenvalue weighted by Crippen LogP contribution is -2.28. The first-order valence-corrected chi connectivity index (χ1v) is 8.14. The molecule has 0 N–H and O–H groups in total. The molecule has 23 heavy (non-hydrogen) atoms. The highest BCUT2D eigenvalue weighted by atomic mass is 35.5. The molecule has 0 saturated heterocycles. The number of nitrogens with zero attached hydrogens (tertiary/aromatic N) is 3. The Balaban J connectivity index is 1.68. The van der Waals surface area contributed by atoms with Crippen LogP contribution in [0.25, 0.3) is 0 Å². The Labute approximate surface area is 139 Å².